The Hall–Kier alpha value is -3.65. The molecule has 4 rings (SSSR count). The number of hydrogen-bond donors (Lipinski definition) is 1. The Labute approximate surface area is 212 Å². The highest BCUT2D eigenvalue weighted by Gasteiger charge is 2.28. The normalized spacial score (nSPS) is 13.6. The predicted octanol–water partition coefficient (Wildman–Crippen LogP) is 3.94. The number of carbonyl (C=O) groups is 2. The Bertz CT molecular complexity index is 1340. The van der Waals surface area contributed by atoms with E-state index in [4.69, 9.17) is 0 Å². The van der Waals surface area contributed by atoms with Crippen LogP contribution in [0.15, 0.2) is 77.7 Å². The van der Waals surface area contributed by atoms with E-state index in [2.05, 4.69) is 5.32 Å². The van der Waals surface area contributed by atoms with E-state index in [1.807, 2.05) is 55.1 Å². The molecular weight excluding hydrogens is 474 g/mol. The molecule has 1 aliphatic rings. The van der Waals surface area contributed by atoms with E-state index in [1.165, 1.54) is 4.31 Å². The first kappa shape index (κ1) is 25.4. The standard InChI is InChI=1S/C28H31N3O4S/c1-21-9-15-25(16-10-21)36(34,35)31(26-7-4-3-6-22(26)2)20-27(32)29-18-23-11-13-24(14-12-23)19-30-17-5-8-28(30)33/h3-4,6-7,9-16H,5,8,17-20H2,1-2H3,(H,29,32). The Balaban J connectivity index is 1.45. The van der Waals surface area contributed by atoms with Crippen LogP contribution in [-0.4, -0.2) is 38.2 Å². The summed E-state index contributed by atoms with van der Waals surface area (Å²) in [4.78, 5) is 26.7. The van der Waals surface area contributed by atoms with Crippen LogP contribution in [0.1, 0.15) is 35.1 Å². The number of benzene rings is 3. The zero-order valence-electron chi connectivity index (χ0n) is 20.6. The van der Waals surface area contributed by atoms with Gasteiger partial charge in [-0.25, -0.2) is 8.42 Å². The number of para-hydroxylation sites is 1. The number of nitrogens with one attached hydrogen (secondary N) is 1. The number of likely N-dealkylation sites (tertiary alicyclic amines) is 1. The molecule has 1 fully saturated rings. The molecule has 1 saturated heterocycles. The van der Waals surface area contributed by atoms with Crippen LogP contribution in [-0.2, 0) is 32.7 Å². The van der Waals surface area contributed by atoms with Crippen molar-refractivity contribution in [1.82, 2.24) is 10.2 Å². The number of aryl methyl sites for hydroxylation is 2. The molecule has 0 saturated carbocycles. The Morgan fingerprint density at radius 3 is 2.25 bits per heavy atom. The fourth-order valence-electron chi connectivity index (χ4n) is 4.22. The third-order valence-corrected chi connectivity index (χ3v) is 8.11. The maximum absolute atomic E-state index is 13.5. The van der Waals surface area contributed by atoms with Crippen molar-refractivity contribution < 1.29 is 18.0 Å². The van der Waals surface area contributed by atoms with Crippen LogP contribution in [0, 0.1) is 13.8 Å². The van der Waals surface area contributed by atoms with Gasteiger partial charge in [-0.15, -0.1) is 0 Å². The number of carbonyl (C=O) groups excluding carboxylic acids is 2. The van der Waals surface area contributed by atoms with Crippen LogP contribution < -0.4 is 9.62 Å². The van der Waals surface area contributed by atoms with E-state index in [0.717, 1.165) is 35.2 Å². The van der Waals surface area contributed by atoms with Crippen LogP contribution in [0.5, 0.6) is 0 Å². The van der Waals surface area contributed by atoms with Gasteiger partial charge in [-0.2, -0.15) is 0 Å². The summed E-state index contributed by atoms with van der Waals surface area (Å²) in [6.45, 7) is 5.03. The number of hydrogen-bond acceptors (Lipinski definition) is 4. The van der Waals surface area contributed by atoms with Gasteiger partial charge in [0.25, 0.3) is 10.0 Å². The summed E-state index contributed by atoms with van der Waals surface area (Å²) in [6.07, 6.45) is 1.52. The van der Waals surface area contributed by atoms with Gasteiger partial charge in [0.1, 0.15) is 6.54 Å². The highest BCUT2D eigenvalue weighted by Crippen LogP contribution is 2.26. The Morgan fingerprint density at radius 1 is 0.944 bits per heavy atom. The van der Waals surface area contributed by atoms with Gasteiger partial charge in [0, 0.05) is 26.1 Å². The topological polar surface area (TPSA) is 86.8 Å². The van der Waals surface area contributed by atoms with Gasteiger partial charge in [-0.3, -0.25) is 13.9 Å². The van der Waals surface area contributed by atoms with Crippen LogP contribution in [0.4, 0.5) is 5.69 Å². The molecule has 3 aromatic rings. The van der Waals surface area contributed by atoms with Crippen LogP contribution >= 0.6 is 0 Å². The zero-order chi connectivity index (χ0) is 25.7. The van der Waals surface area contributed by atoms with Gasteiger partial charge < -0.3 is 10.2 Å². The fraction of sp³-hybridized carbons (Fsp3) is 0.286. The number of anilines is 1. The molecule has 3 aromatic carbocycles. The maximum Gasteiger partial charge on any atom is 0.264 e. The fourth-order valence-corrected chi connectivity index (χ4v) is 5.71. The Kier molecular flexibility index (Phi) is 7.74. The highest BCUT2D eigenvalue weighted by molar-refractivity contribution is 7.92. The van der Waals surface area contributed by atoms with Gasteiger partial charge in [0.2, 0.25) is 11.8 Å². The zero-order valence-corrected chi connectivity index (χ0v) is 21.4. The van der Waals surface area contributed by atoms with Crippen molar-refractivity contribution in [3.63, 3.8) is 0 Å². The highest BCUT2D eigenvalue weighted by atomic mass is 32.2. The molecule has 0 unspecified atom stereocenters. The first-order valence-corrected chi connectivity index (χ1v) is 13.5. The molecule has 1 heterocycles. The van der Waals surface area contributed by atoms with Crippen molar-refractivity contribution in [3.8, 4) is 0 Å². The second kappa shape index (κ2) is 11.0. The lowest BCUT2D eigenvalue weighted by molar-refractivity contribution is -0.128. The summed E-state index contributed by atoms with van der Waals surface area (Å²) in [5.41, 5.74) is 4.10. The first-order chi connectivity index (χ1) is 17.2. The van der Waals surface area contributed by atoms with Crippen molar-refractivity contribution in [1.29, 1.82) is 0 Å². The summed E-state index contributed by atoms with van der Waals surface area (Å²) in [5, 5.41) is 2.84. The molecular formula is C28H31N3O4S. The molecule has 0 aromatic heterocycles. The van der Waals surface area contributed by atoms with E-state index in [1.54, 1.807) is 36.4 Å². The molecule has 188 valence electrons. The molecule has 2 amide bonds. The number of nitrogens with zero attached hydrogens (tertiary/aromatic N) is 2. The second-order valence-corrected chi connectivity index (χ2v) is 11.0. The van der Waals surface area contributed by atoms with Gasteiger partial charge in [-0.05, 0) is 55.2 Å². The van der Waals surface area contributed by atoms with E-state index < -0.39 is 15.9 Å². The second-order valence-electron chi connectivity index (χ2n) is 9.12. The Morgan fingerprint density at radius 2 is 1.61 bits per heavy atom. The van der Waals surface area contributed by atoms with Gasteiger partial charge in [-0.1, -0.05) is 60.2 Å². The summed E-state index contributed by atoms with van der Waals surface area (Å²) >= 11 is 0. The number of rotatable bonds is 9. The molecule has 0 bridgehead atoms. The molecule has 0 atom stereocenters. The summed E-state index contributed by atoms with van der Waals surface area (Å²) < 4.78 is 28.2. The molecule has 36 heavy (non-hydrogen) atoms. The van der Waals surface area contributed by atoms with Crippen molar-refractivity contribution in [2.24, 2.45) is 0 Å². The number of amides is 2. The molecule has 1 N–H and O–H groups in total. The minimum atomic E-state index is -3.95. The van der Waals surface area contributed by atoms with Gasteiger partial charge in [0.15, 0.2) is 0 Å². The minimum Gasteiger partial charge on any atom is -0.350 e. The van der Waals surface area contributed by atoms with Crippen molar-refractivity contribution in [2.45, 2.75) is 44.7 Å². The maximum atomic E-state index is 13.5. The summed E-state index contributed by atoms with van der Waals surface area (Å²) in [5.74, 6) is -0.217. The molecule has 8 heteroatoms. The number of sulfonamides is 1. The average Bonchev–Trinajstić information content (AvgIpc) is 3.27. The molecule has 0 spiro atoms. The lowest BCUT2D eigenvalue weighted by atomic mass is 10.1. The smallest absolute Gasteiger partial charge is 0.264 e. The van der Waals surface area contributed by atoms with E-state index in [-0.39, 0.29) is 23.9 Å². The lowest BCUT2D eigenvalue weighted by Crippen LogP contribution is -2.41. The van der Waals surface area contributed by atoms with E-state index in [0.29, 0.717) is 18.7 Å². The van der Waals surface area contributed by atoms with Crippen molar-refractivity contribution >= 4 is 27.5 Å². The average molecular weight is 506 g/mol. The summed E-state index contributed by atoms with van der Waals surface area (Å²) in [6, 6.07) is 21.5. The molecule has 7 nitrogen and oxygen atoms in total. The SMILES string of the molecule is Cc1ccc(S(=O)(=O)N(CC(=O)NCc2ccc(CN3CCCC3=O)cc2)c2ccccc2C)cc1. The first-order valence-electron chi connectivity index (χ1n) is 12.0. The van der Waals surface area contributed by atoms with E-state index in [9.17, 15) is 18.0 Å². The third kappa shape index (κ3) is 5.94. The molecule has 0 radical (unpaired) electrons. The lowest BCUT2D eigenvalue weighted by Gasteiger charge is -2.25. The van der Waals surface area contributed by atoms with Crippen LogP contribution in [0.25, 0.3) is 0 Å². The van der Waals surface area contributed by atoms with Crippen molar-refractivity contribution in [2.75, 3.05) is 17.4 Å². The largest absolute Gasteiger partial charge is 0.350 e. The molecule has 1 aliphatic heterocycles. The quantitative estimate of drug-likeness (QED) is 0.477. The van der Waals surface area contributed by atoms with Crippen LogP contribution in [0.2, 0.25) is 0 Å². The molecule has 0 aliphatic carbocycles. The minimum absolute atomic E-state index is 0.135. The van der Waals surface area contributed by atoms with Gasteiger partial charge >= 0.3 is 0 Å². The predicted molar refractivity (Wildman–Crippen MR) is 140 cm³/mol. The summed E-state index contributed by atoms with van der Waals surface area (Å²) in [7, 11) is -3.95. The van der Waals surface area contributed by atoms with Crippen molar-refractivity contribution in [3.05, 3.63) is 95.1 Å². The van der Waals surface area contributed by atoms with Gasteiger partial charge in [0.05, 0.1) is 10.6 Å². The van der Waals surface area contributed by atoms with E-state index >= 15 is 0 Å². The van der Waals surface area contributed by atoms with Crippen LogP contribution in [0.3, 0.4) is 0 Å². The monoisotopic (exact) mass is 505 g/mol. The third-order valence-electron chi connectivity index (χ3n) is 6.34.